The van der Waals surface area contributed by atoms with Crippen molar-refractivity contribution in [2.45, 2.75) is 0 Å². The van der Waals surface area contributed by atoms with E-state index in [1.807, 2.05) is 0 Å². The van der Waals surface area contributed by atoms with Crippen LogP contribution in [0, 0.1) is 0 Å². The highest BCUT2D eigenvalue weighted by atomic mass is 15.2. The minimum Gasteiger partial charge on any atom is -0.310 e. The summed E-state index contributed by atoms with van der Waals surface area (Å²) in [7, 11) is 0. The van der Waals surface area contributed by atoms with Gasteiger partial charge in [0.2, 0.25) is 0 Å². The van der Waals surface area contributed by atoms with Gasteiger partial charge in [0.1, 0.15) is 0 Å². The maximum Gasteiger partial charge on any atom is 0.0568 e. The largest absolute Gasteiger partial charge is 0.310 e. The Labute approximate surface area is 444 Å². The van der Waals surface area contributed by atoms with Crippen molar-refractivity contribution in [3.05, 3.63) is 285 Å². The van der Waals surface area contributed by atoms with Gasteiger partial charge in [0, 0.05) is 50.0 Å². The molecular weight excluding hydrogens is 931 g/mol. The van der Waals surface area contributed by atoms with Gasteiger partial charge < -0.3 is 14.4 Å². The molecule has 0 saturated carbocycles. The van der Waals surface area contributed by atoms with E-state index in [1.54, 1.807) is 0 Å². The van der Waals surface area contributed by atoms with Crippen LogP contribution in [-0.4, -0.2) is 4.57 Å². The fraction of sp³-hybridized carbons (Fsp3) is 0. The molecule has 0 spiro atoms. The van der Waals surface area contributed by atoms with E-state index in [0.29, 0.717) is 0 Å². The van der Waals surface area contributed by atoms with Crippen LogP contribution in [0.25, 0.3) is 114 Å². The average Bonchev–Trinajstić information content (AvgIpc) is 4.04. The fourth-order valence-electron chi connectivity index (χ4n) is 13.0. The van der Waals surface area contributed by atoms with Crippen molar-refractivity contribution in [2.24, 2.45) is 0 Å². The van der Waals surface area contributed by atoms with E-state index in [-0.39, 0.29) is 0 Å². The fourth-order valence-corrected chi connectivity index (χ4v) is 13.0. The van der Waals surface area contributed by atoms with Gasteiger partial charge in [-0.1, -0.05) is 212 Å². The number of para-hydroxylation sites is 3. The molecule has 16 aromatic rings. The Balaban J connectivity index is 1.01. The molecule has 1 aromatic heterocycles. The number of rotatable bonds is 7. The standard InChI is InChI=1S/C74H47N3/c1-4-22-48(23-5-1)75(51-40-42-61-57-32-12-10-28-53(57)55-30-14-16-34-59(55)67(61)44-51)69-46-71-73(65-38-20-18-36-63(65)69)74-66-39-21-19-37-64(66)70(47-72(74)77(71)50-26-8-3-9-27-50)76(49-24-6-2-7-25-49)52-41-43-62-58-33-13-11-29-54(58)56-31-15-17-35-60(56)68(62)45-52/h1-47H. The summed E-state index contributed by atoms with van der Waals surface area (Å²) >= 11 is 0. The SMILES string of the molecule is c1ccc(N(c2ccc3c4ccccc4c4ccccc4c3c2)c2cc3c(c4ccccc24)c2c4ccccc4c(N(c4ccccc4)c4ccc5c6ccccc6c6ccccc6c5c4)cc2n3-c2ccccc2)cc1. The Morgan fingerprint density at radius 2 is 0.468 bits per heavy atom. The molecule has 0 radical (unpaired) electrons. The Morgan fingerprint density at radius 3 is 0.818 bits per heavy atom. The Hall–Kier alpha value is -10.2. The highest BCUT2D eigenvalue weighted by molar-refractivity contribution is 6.33. The quantitative estimate of drug-likeness (QED) is 0.147. The van der Waals surface area contributed by atoms with Gasteiger partial charge in [-0.3, -0.25) is 0 Å². The third-order valence-corrected chi connectivity index (χ3v) is 16.2. The summed E-state index contributed by atoms with van der Waals surface area (Å²) in [6.07, 6.45) is 0. The molecule has 3 heteroatoms. The number of aromatic nitrogens is 1. The third-order valence-electron chi connectivity index (χ3n) is 16.2. The summed E-state index contributed by atoms with van der Waals surface area (Å²) in [6.45, 7) is 0. The molecule has 0 atom stereocenters. The minimum atomic E-state index is 1.09. The summed E-state index contributed by atoms with van der Waals surface area (Å²) in [5.74, 6) is 0. The first-order chi connectivity index (χ1) is 38.2. The summed E-state index contributed by atoms with van der Waals surface area (Å²) < 4.78 is 2.52. The molecule has 15 aromatic carbocycles. The first kappa shape index (κ1) is 43.2. The zero-order valence-corrected chi connectivity index (χ0v) is 42.0. The number of anilines is 6. The maximum atomic E-state index is 2.52. The highest BCUT2D eigenvalue weighted by Crippen LogP contribution is 2.51. The molecule has 0 saturated heterocycles. The molecule has 16 rings (SSSR count). The number of fused-ring (bicyclic) bond motifs is 19. The van der Waals surface area contributed by atoms with E-state index < -0.39 is 0 Å². The smallest absolute Gasteiger partial charge is 0.0568 e. The number of hydrogen-bond acceptors (Lipinski definition) is 2. The summed E-state index contributed by atoms with van der Waals surface area (Å²) in [5, 5.41) is 22.3. The van der Waals surface area contributed by atoms with E-state index in [0.717, 1.165) is 50.8 Å². The molecule has 0 fully saturated rings. The van der Waals surface area contributed by atoms with Crippen molar-refractivity contribution in [3.63, 3.8) is 0 Å². The van der Waals surface area contributed by atoms with Gasteiger partial charge in [-0.2, -0.15) is 0 Å². The first-order valence-electron chi connectivity index (χ1n) is 26.6. The molecule has 0 aliphatic rings. The Bertz CT molecular complexity index is 4670. The first-order valence-corrected chi connectivity index (χ1v) is 26.6. The zero-order valence-electron chi connectivity index (χ0n) is 42.0. The molecule has 0 aliphatic carbocycles. The minimum absolute atomic E-state index is 1.09. The molecular formula is C74H47N3. The van der Waals surface area contributed by atoms with Gasteiger partial charge in [0.15, 0.2) is 0 Å². The van der Waals surface area contributed by atoms with Crippen molar-refractivity contribution in [3.8, 4) is 5.69 Å². The summed E-state index contributed by atoms with van der Waals surface area (Å²) in [4.78, 5) is 4.96. The molecule has 0 N–H and O–H groups in total. The van der Waals surface area contributed by atoms with Crippen LogP contribution in [-0.2, 0) is 0 Å². The van der Waals surface area contributed by atoms with E-state index in [4.69, 9.17) is 0 Å². The summed E-state index contributed by atoms with van der Waals surface area (Å²) in [5.41, 5.74) is 9.95. The van der Waals surface area contributed by atoms with E-state index >= 15 is 0 Å². The van der Waals surface area contributed by atoms with Gasteiger partial charge in [-0.25, -0.2) is 0 Å². The number of benzene rings is 15. The van der Waals surface area contributed by atoms with Gasteiger partial charge in [-0.05, 0) is 148 Å². The zero-order chi connectivity index (χ0) is 50.6. The van der Waals surface area contributed by atoms with Crippen LogP contribution >= 0.6 is 0 Å². The van der Waals surface area contributed by atoms with Crippen molar-refractivity contribution in [2.75, 3.05) is 9.80 Å². The van der Waals surface area contributed by atoms with Crippen molar-refractivity contribution in [1.82, 2.24) is 4.57 Å². The van der Waals surface area contributed by atoms with Crippen molar-refractivity contribution in [1.29, 1.82) is 0 Å². The lowest BCUT2D eigenvalue weighted by molar-refractivity contribution is 1.18. The average molecular weight is 978 g/mol. The molecule has 0 bridgehead atoms. The number of nitrogens with zero attached hydrogens (tertiary/aromatic N) is 3. The summed E-state index contributed by atoms with van der Waals surface area (Å²) in [6, 6.07) is 105. The van der Waals surface area contributed by atoms with E-state index in [9.17, 15) is 0 Å². The molecule has 3 nitrogen and oxygen atoms in total. The highest BCUT2D eigenvalue weighted by Gasteiger charge is 2.26. The lowest BCUT2D eigenvalue weighted by Crippen LogP contribution is -2.11. The molecule has 77 heavy (non-hydrogen) atoms. The monoisotopic (exact) mass is 977 g/mol. The maximum absolute atomic E-state index is 2.52. The molecule has 0 amide bonds. The van der Waals surface area contributed by atoms with Crippen LogP contribution < -0.4 is 9.80 Å². The predicted molar refractivity (Wildman–Crippen MR) is 330 cm³/mol. The van der Waals surface area contributed by atoms with E-state index in [1.165, 1.54) is 97.0 Å². The van der Waals surface area contributed by atoms with Crippen LogP contribution in [0.5, 0.6) is 0 Å². The lowest BCUT2D eigenvalue weighted by atomic mass is 9.93. The predicted octanol–water partition coefficient (Wildman–Crippen LogP) is 20.9. The topological polar surface area (TPSA) is 11.4 Å². The Kier molecular flexibility index (Phi) is 9.64. The van der Waals surface area contributed by atoms with Crippen LogP contribution in [0.15, 0.2) is 285 Å². The van der Waals surface area contributed by atoms with Crippen molar-refractivity contribution >= 4 is 142 Å². The Morgan fingerprint density at radius 1 is 0.195 bits per heavy atom. The van der Waals surface area contributed by atoms with Crippen LogP contribution in [0.4, 0.5) is 34.1 Å². The molecule has 0 unspecified atom stereocenters. The third kappa shape index (κ3) is 6.57. The lowest BCUT2D eigenvalue weighted by Gasteiger charge is -2.28. The van der Waals surface area contributed by atoms with Crippen LogP contribution in [0.1, 0.15) is 0 Å². The van der Waals surface area contributed by atoms with Crippen molar-refractivity contribution < 1.29 is 0 Å². The van der Waals surface area contributed by atoms with Gasteiger partial charge in [-0.15, -0.1) is 0 Å². The normalized spacial score (nSPS) is 11.9. The van der Waals surface area contributed by atoms with E-state index in [2.05, 4.69) is 299 Å². The molecule has 1 heterocycles. The van der Waals surface area contributed by atoms with Crippen LogP contribution in [0.2, 0.25) is 0 Å². The second-order valence-electron chi connectivity index (χ2n) is 20.3. The molecule has 0 aliphatic heterocycles. The van der Waals surface area contributed by atoms with Gasteiger partial charge >= 0.3 is 0 Å². The molecule has 358 valence electrons. The second-order valence-corrected chi connectivity index (χ2v) is 20.3. The second kappa shape index (κ2) is 17.2. The van der Waals surface area contributed by atoms with Gasteiger partial charge in [0.05, 0.1) is 22.4 Å². The van der Waals surface area contributed by atoms with Crippen LogP contribution in [0.3, 0.4) is 0 Å². The van der Waals surface area contributed by atoms with Gasteiger partial charge in [0.25, 0.3) is 0 Å². The number of hydrogen-bond donors (Lipinski definition) is 0.